The minimum atomic E-state index is -3.46. The van der Waals surface area contributed by atoms with E-state index in [1.54, 1.807) is 38.0 Å². The molecule has 28 heavy (non-hydrogen) atoms. The van der Waals surface area contributed by atoms with E-state index in [1.165, 1.54) is 4.31 Å². The van der Waals surface area contributed by atoms with E-state index in [1.807, 2.05) is 6.07 Å². The molecular weight excluding hydrogens is 396 g/mol. The minimum absolute atomic E-state index is 0.287. The van der Waals surface area contributed by atoms with Crippen LogP contribution >= 0.6 is 11.8 Å². The van der Waals surface area contributed by atoms with E-state index in [9.17, 15) is 8.42 Å². The summed E-state index contributed by atoms with van der Waals surface area (Å²) >= 11 is 1.75. The summed E-state index contributed by atoms with van der Waals surface area (Å²) in [6.07, 6.45) is 2.17. The molecule has 1 aliphatic rings. The standard InChI is InChI=1S/C19H30N4O3S2/c1-4-5-8-23-18-7-6-16(28(24,25)21(2)3)15-17(18)20-19(23)27-14-11-22-9-12-26-13-10-22/h6-7,15H,4-5,8-14H2,1-3H3. The number of aryl methyl sites for hydroxylation is 1. The quantitative estimate of drug-likeness (QED) is 0.574. The summed E-state index contributed by atoms with van der Waals surface area (Å²) in [5.41, 5.74) is 1.74. The van der Waals surface area contributed by atoms with Gasteiger partial charge in [-0.3, -0.25) is 4.90 Å². The van der Waals surface area contributed by atoms with Gasteiger partial charge in [-0.05, 0) is 24.6 Å². The number of rotatable bonds is 9. The molecule has 0 saturated carbocycles. The highest BCUT2D eigenvalue weighted by Gasteiger charge is 2.20. The molecule has 0 aliphatic carbocycles. The first-order valence-corrected chi connectivity index (χ1v) is 12.2. The second kappa shape index (κ2) is 9.58. The number of unbranched alkanes of at least 4 members (excludes halogenated alkanes) is 1. The van der Waals surface area contributed by atoms with Gasteiger partial charge in [0, 0.05) is 46.0 Å². The Morgan fingerprint density at radius 1 is 1.21 bits per heavy atom. The van der Waals surface area contributed by atoms with Gasteiger partial charge in [0.25, 0.3) is 0 Å². The van der Waals surface area contributed by atoms with Crippen LogP contribution in [0.2, 0.25) is 0 Å². The zero-order chi connectivity index (χ0) is 20.1. The molecule has 1 aliphatic heterocycles. The molecule has 7 nitrogen and oxygen atoms in total. The maximum absolute atomic E-state index is 12.5. The summed E-state index contributed by atoms with van der Waals surface area (Å²) in [7, 11) is -0.366. The Balaban J connectivity index is 1.82. The number of nitrogens with zero attached hydrogens (tertiary/aromatic N) is 4. The normalized spacial score (nSPS) is 16.3. The van der Waals surface area contributed by atoms with Gasteiger partial charge in [0.2, 0.25) is 10.0 Å². The molecule has 1 aromatic carbocycles. The summed E-state index contributed by atoms with van der Waals surface area (Å²) in [4.78, 5) is 7.48. The van der Waals surface area contributed by atoms with E-state index >= 15 is 0 Å². The van der Waals surface area contributed by atoms with Crippen molar-refractivity contribution in [3.63, 3.8) is 0 Å². The fourth-order valence-corrected chi connectivity index (χ4v) is 5.15. The van der Waals surface area contributed by atoms with Crippen molar-refractivity contribution in [2.45, 2.75) is 36.4 Å². The Bertz CT molecular complexity index is 890. The van der Waals surface area contributed by atoms with Crippen LogP contribution in [0.15, 0.2) is 28.3 Å². The number of benzene rings is 1. The smallest absolute Gasteiger partial charge is 0.242 e. The topological polar surface area (TPSA) is 67.7 Å². The molecule has 0 spiro atoms. The Labute approximate surface area is 172 Å². The number of aromatic nitrogens is 2. The zero-order valence-electron chi connectivity index (χ0n) is 16.9. The van der Waals surface area contributed by atoms with E-state index in [2.05, 4.69) is 16.4 Å². The molecule has 9 heteroatoms. The van der Waals surface area contributed by atoms with Crippen LogP contribution in [0.1, 0.15) is 19.8 Å². The molecule has 1 aromatic heterocycles. The number of fused-ring (bicyclic) bond motifs is 1. The number of ether oxygens (including phenoxy) is 1. The van der Waals surface area contributed by atoms with Crippen molar-refractivity contribution in [2.75, 3.05) is 52.7 Å². The lowest BCUT2D eigenvalue weighted by atomic mass is 10.3. The number of imidazole rings is 1. The Morgan fingerprint density at radius 2 is 1.96 bits per heavy atom. The monoisotopic (exact) mass is 426 g/mol. The maximum Gasteiger partial charge on any atom is 0.242 e. The molecule has 3 rings (SSSR count). The van der Waals surface area contributed by atoms with Crippen LogP contribution in [0.4, 0.5) is 0 Å². The first-order valence-electron chi connectivity index (χ1n) is 9.79. The van der Waals surface area contributed by atoms with E-state index in [-0.39, 0.29) is 4.90 Å². The van der Waals surface area contributed by atoms with Crippen LogP contribution in [-0.4, -0.2) is 79.9 Å². The molecule has 0 amide bonds. The van der Waals surface area contributed by atoms with E-state index in [0.717, 1.165) is 74.2 Å². The second-order valence-electron chi connectivity index (χ2n) is 7.14. The van der Waals surface area contributed by atoms with Crippen LogP contribution in [-0.2, 0) is 21.3 Å². The Kier molecular flexibility index (Phi) is 7.38. The van der Waals surface area contributed by atoms with Gasteiger partial charge in [-0.1, -0.05) is 25.1 Å². The SMILES string of the molecule is CCCCn1c(SCCN2CCOCC2)nc2cc(S(=O)(=O)N(C)C)ccc21. The third-order valence-corrected chi connectivity index (χ3v) is 7.71. The molecule has 2 heterocycles. The summed E-state index contributed by atoms with van der Waals surface area (Å²) in [5.74, 6) is 0.957. The molecule has 0 N–H and O–H groups in total. The van der Waals surface area contributed by atoms with Crippen molar-refractivity contribution in [3.05, 3.63) is 18.2 Å². The highest BCUT2D eigenvalue weighted by molar-refractivity contribution is 7.99. The molecule has 0 radical (unpaired) electrons. The number of hydrogen-bond acceptors (Lipinski definition) is 6. The van der Waals surface area contributed by atoms with Crippen molar-refractivity contribution >= 4 is 32.8 Å². The van der Waals surface area contributed by atoms with Gasteiger partial charge in [0.15, 0.2) is 5.16 Å². The van der Waals surface area contributed by atoms with Crippen LogP contribution in [0.5, 0.6) is 0 Å². The Hall–Kier alpha value is -1.13. The van der Waals surface area contributed by atoms with Gasteiger partial charge >= 0.3 is 0 Å². The minimum Gasteiger partial charge on any atom is -0.379 e. The molecule has 1 fully saturated rings. The lowest BCUT2D eigenvalue weighted by Crippen LogP contribution is -2.37. The van der Waals surface area contributed by atoms with E-state index in [4.69, 9.17) is 9.72 Å². The predicted octanol–water partition coefficient (Wildman–Crippen LogP) is 2.51. The zero-order valence-corrected chi connectivity index (χ0v) is 18.6. The van der Waals surface area contributed by atoms with Gasteiger partial charge in [-0.2, -0.15) is 0 Å². The van der Waals surface area contributed by atoms with Gasteiger partial charge in [-0.25, -0.2) is 17.7 Å². The van der Waals surface area contributed by atoms with Crippen molar-refractivity contribution in [2.24, 2.45) is 0 Å². The van der Waals surface area contributed by atoms with Crippen LogP contribution in [0.25, 0.3) is 11.0 Å². The van der Waals surface area contributed by atoms with Crippen molar-refractivity contribution < 1.29 is 13.2 Å². The fourth-order valence-electron chi connectivity index (χ4n) is 3.19. The van der Waals surface area contributed by atoms with Crippen molar-refractivity contribution in [1.82, 2.24) is 18.8 Å². The lowest BCUT2D eigenvalue weighted by Gasteiger charge is -2.26. The van der Waals surface area contributed by atoms with E-state index < -0.39 is 10.0 Å². The first kappa shape index (κ1) is 21.6. The summed E-state index contributed by atoms with van der Waals surface area (Å²) in [5, 5.41) is 0.969. The van der Waals surface area contributed by atoms with Crippen LogP contribution in [0, 0.1) is 0 Å². The second-order valence-corrected chi connectivity index (χ2v) is 10.4. The molecule has 0 bridgehead atoms. The molecule has 2 aromatic rings. The average Bonchev–Trinajstić information content (AvgIpc) is 3.03. The number of thioether (sulfide) groups is 1. The first-order chi connectivity index (χ1) is 13.4. The largest absolute Gasteiger partial charge is 0.379 e. The third kappa shape index (κ3) is 4.88. The van der Waals surface area contributed by atoms with Crippen LogP contribution < -0.4 is 0 Å². The molecule has 0 unspecified atom stereocenters. The van der Waals surface area contributed by atoms with Crippen molar-refractivity contribution in [3.8, 4) is 0 Å². The van der Waals surface area contributed by atoms with Gasteiger partial charge in [0.05, 0.1) is 29.1 Å². The number of sulfonamides is 1. The molecule has 0 atom stereocenters. The third-order valence-electron chi connectivity index (χ3n) is 4.94. The number of hydrogen-bond donors (Lipinski definition) is 0. The van der Waals surface area contributed by atoms with Gasteiger partial charge in [-0.15, -0.1) is 0 Å². The number of morpholine rings is 1. The molecule has 156 valence electrons. The lowest BCUT2D eigenvalue weighted by molar-refractivity contribution is 0.0410. The fraction of sp³-hybridized carbons (Fsp3) is 0.632. The predicted molar refractivity (Wildman–Crippen MR) is 113 cm³/mol. The summed E-state index contributed by atoms with van der Waals surface area (Å²) < 4.78 is 33.8. The van der Waals surface area contributed by atoms with Gasteiger partial charge < -0.3 is 9.30 Å². The molecule has 1 saturated heterocycles. The summed E-state index contributed by atoms with van der Waals surface area (Å²) in [6, 6.07) is 5.27. The van der Waals surface area contributed by atoms with E-state index in [0.29, 0.717) is 0 Å². The highest BCUT2D eigenvalue weighted by atomic mass is 32.2. The molecular formula is C19H30N4O3S2. The average molecular weight is 427 g/mol. The Morgan fingerprint density at radius 3 is 2.64 bits per heavy atom. The van der Waals surface area contributed by atoms with Gasteiger partial charge in [0.1, 0.15) is 0 Å². The maximum atomic E-state index is 12.5. The highest BCUT2D eigenvalue weighted by Crippen LogP contribution is 2.27. The summed E-state index contributed by atoms with van der Waals surface area (Å²) in [6.45, 7) is 7.66. The van der Waals surface area contributed by atoms with Crippen LogP contribution in [0.3, 0.4) is 0 Å². The van der Waals surface area contributed by atoms with Crippen molar-refractivity contribution in [1.29, 1.82) is 0 Å².